The molecule has 6 heteroatoms. The number of nitrogens with one attached hydrogen (secondary N) is 1. The van der Waals surface area contributed by atoms with Gasteiger partial charge in [0.15, 0.2) is 0 Å². The fraction of sp³-hybridized carbons (Fsp3) is 0.538. The molecule has 0 amide bonds. The van der Waals surface area contributed by atoms with E-state index in [2.05, 4.69) is 29.3 Å². The predicted molar refractivity (Wildman–Crippen MR) is 80.4 cm³/mol. The van der Waals surface area contributed by atoms with E-state index in [1.54, 1.807) is 6.07 Å². The second-order valence-electron chi connectivity index (χ2n) is 5.10. The molecule has 0 saturated carbocycles. The number of nitrogens with zero attached hydrogens (tertiary/aromatic N) is 2. The van der Waals surface area contributed by atoms with E-state index in [1.807, 2.05) is 12.1 Å². The van der Waals surface area contributed by atoms with Gasteiger partial charge < -0.3 is 4.90 Å². The van der Waals surface area contributed by atoms with Gasteiger partial charge in [0, 0.05) is 25.7 Å². The van der Waals surface area contributed by atoms with Gasteiger partial charge in [-0.3, -0.25) is 16.2 Å². The van der Waals surface area contributed by atoms with E-state index in [1.165, 1.54) is 0 Å². The SMILES string of the molecule is CN1CCN(C)C(C(NN)c2cccc(Cl)c2Cl)C1. The molecule has 2 rings (SSSR count). The third-order valence-electron chi connectivity index (χ3n) is 3.78. The molecule has 1 aromatic carbocycles. The number of likely N-dealkylation sites (N-methyl/N-ethyl adjacent to an activating group) is 2. The number of hydrogen-bond acceptors (Lipinski definition) is 4. The van der Waals surface area contributed by atoms with E-state index in [-0.39, 0.29) is 12.1 Å². The first-order chi connectivity index (χ1) is 9.04. The number of benzene rings is 1. The standard InChI is InChI=1S/C13H20Cl2N4/c1-18-6-7-19(2)11(8-18)13(17-16)9-4-3-5-10(14)12(9)15/h3-5,11,13,17H,6-8,16H2,1-2H3. The lowest BCUT2D eigenvalue weighted by molar-refractivity contribution is 0.0877. The minimum Gasteiger partial charge on any atom is -0.303 e. The number of rotatable bonds is 3. The van der Waals surface area contributed by atoms with Crippen molar-refractivity contribution in [2.24, 2.45) is 5.84 Å². The van der Waals surface area contributed by atoms with Gasteiger partial charge in [-0.25, -0.2) is 0 Å². The van der Waals surface area contributed by atoms with Crippen LogP contribution in [0, 0.1) is 0 Å². The lowest BCUT2D eigenvalue weighted by Crippen LogP contribution is -2.56. The quantitative estimate of drug-likeness (QED) is 0.659. The van der Waals surface area contributed by atoms with Gasteiger partial charge in [-0.2, -0.15) is 0 Å². The average molecular weight is 303 g/mol. The Morgan fingerprint density at radius 2 is 2.05 bits per heavy atom. The summed E-state index contributed by atoms with van der Waals surface area (Å²) in [4.78, 5) is 4.61. The molecule has 1 aromatic rings. The molecule has 0 aliphatic carbocycles. The molecule has 4 nitrogen and oxygen atoms in total. The van der Waals surface area contributed by atoms with Gasteiger partial charge in [-0.1, -0.05) is 35.3 Å². The van der Waals surface area contributed by atoms with Crippen molar-refractivity contribution in [3.05, 3.63) is 33.8 Å². The van der Waals surface area contributed by atoms with Gasteiger partial charge in [-0.05, 0) is 25.7 Å². The molecule has 0 bridgehead atoms. The third kappa shape index (κ3) is 3.21. The Hall–Kier alpha value is -0.360. The fourth-order valence-electron chi connectivity index (χ4n) is 2.57. The van der Waals surface area contributed by atoms with Crippen molar-refractivity contribution in [2.45, 2.75) is 12.1 Å². The number of hydrogen-bond donors (Lipinski definition) is 2. The normalized spacial score (nSPS) is 23.5. The summed E-state index contributed by atoms with van der Waals surface area (Å²) in [6, 6.07) is 5.89. The average Bonchev–Trinajstić information content (AvgIpc) is 2.39. The van der Waals surface area contributed by atoms with E-state index in [0.717, 1.165) is 25.2 Å². The van der Waals surface area contributed by atoms with E-state index < -0.39 is 0 Å². The summed E-state index contributed by atoms with van der Waals surface area (Å²) in [6.45, 7) is 3.01. The molecule has 2 atom stereocenters. The van der Waals surface area contributed by atoms with E-state index in [9.17, 15) is 0 Å². The smallest absolute Gasteiger partial charge is 0.0642 e. The molecule has 3 N–H and O–H groups in total. The molecule has 1 heterocycles. The Kier molecular flexibility index (Phi) is 5.06. The van der Waals surface area contributed by atoms with Gasteiger partial charge in [-0.15, -0.1) is 0 Å². The highest BCUT2D eigenvalue weighted by atomic mass is 35.5. The molecule has 1 fully saturated rings. The van der Waals surface area contributed by atoms with Gasteiger partial charge in [0.2, 0.25) is 0 Å². The first kappa shape index (κ1) is 15.0. The summed E-state index contributed by atoms with van der Waals surface area (Å²) in [5, 5.41) is 1.14. The van der Waals surface area contributed by atoms with Crippen molar-refractivity contribution < 1.29 is 0 Å². The highest BCUT2D eigenvalue weighted by Gasteiger charge is 2.31. The van der Waals surface area contributed by atoms with Crippen LogP contribution in [0.2, 0.25) is 10.0 Å². The van der Waals surface area contributed by atoms with Gasteiger partial charge in [0.1, 0.15) is 0 Å². The summed E-state index contributed by atoms with van der Waals surface area (Å²) in [5.41, 5.74) is 3.84. The molecule has 1 aliphatic heterocycles. The van der Waals surface area contributed by atoms with Crippen LogP contribution in [0.25, 0.3) is 0 Å². The Morgan fingerprint density at radius 1 is 1.32 bits per heavy atom. The molecule has 0 radical (unpaired) electrons. The van der Waals surface area contributed by atoms with Gasteiger partial charge in [0.05, 0.1) is 16.1 Å². The monoisotopic (exact) mass is 302 g/mol. The van der Waals surface area contributed by atoms with E-state index in [4.69, 9.17) is 29.0 Å². The molecule has 106 valence electrons. The van der Waals surface area contributed by atoms with Crippen LogP contribution >= 0.6 is 23.2 Å². The Labute approximate surface area is 124 Å². The van der Waals surface area contributed by atoms with E-state index >= 15 is 0 Å². The van der Waals surface area contributed by atoms with Crippen molar-refractivity contribution in [1.82, 2.24) is 15.2 Å². The maximum Gasteiger partial charge on any atom is 0.0642 e. The summed E-state index contributed by atoms with van der Waals surface area (Å²) in [5.74, 6) is 5.77. The Bertz CT molecular complexity index is 441. The fourth-order valence-corrected chi connectivity index (χ4v) is 3.00. The predicted octanol–water partition coefficient (Wildman–Crippen LogP) is 1.74. The lowest BCUT2D eigenvalue weighted by atomic mass is 9.97. The number of halogens is 2. The molecule has 19 heavy (non-hydrogen) atoms. The molecule has 2 unspecified atom stereocenters. The number of hydrazine groups is 1. The van der Waals surface area contributed by atoms with Crippen molar-refractivity contribution >= 4 is 23.2 Å². The van der Waals surface area contributed by atoms with Crippen LogP contribution in [0.5, 0.6) is 0 Å². The van der Waals surface area contributed by atoms with Crippen LogP contribution in [0.15, 0.2) is 18.2 Å². The van der Waals surface area contributed by atoms with Crippen molar-refractivity contribution in [1.29, 1.82) is 0 Å². The molecular formula is C13H20Cl2N4. The van der Waals surface area contributed by atoms with Crippen molar-refractivity contribution in [3.63, 3.8) is 0 Å². The summed E-state index contributed by atoms with van der Waals surface area (Å²) < 4.78 is 0. The van der Waals surface area contributed by atoms with Crippen LogP contribution in [0.4, 0.5) is 0 Å². The van der Waals surface area contributed by atoms with Crippen molar-refractivity contribution in [2.75, 3.05) is 33.7 Å². The minimum absolute atomic E-state index is 0.0426. The zero-order chi connectivity index (χ0) is 14.0. The Balaban J connectivity index is 2.30. The molecule has 0 spiro atoms. The first-order valence-electron chi connectivity index (χ1n) is 6.33. The topological polar surface area (TPSA) is 44.5 Å². The van der Waals surface area contributed by atoms with E-state index in [0.29, 0.717) is 10.0 Å². The molecule has 1 aliphatic rings. The summed E-state index contributed by atoms with van der Waals surface area (Å²) in [6.07, 6.45) is 0. The maximum atomic E-state index is 6.31. The highest BCUT2D eigenvalue weighted by molar-refractivity contribution is 6.42. The molecule has 0 aromatic heterocycles. The van der Waals surface area contributed by atoms with Crippen LogP contribution in [0.1, 0.15) is 11.6 Å². The van der Waals surface area contributed by atoms with Gasteiger partial charge >= 0.3 is 0 Å². The molecular weight excluding hydrogens is 283 g/mol. The zero-order valence-corrected chi connectivity index (χ0v) is 12.7. The summed E-state index contributed by atoms with van der Waals surface area (Å²) >= 11 is 12.4. The Morgan fingerprint density at radius 3 is 2.74 bits per heavy atom. The minimum atomic E-state index is -0.0426. The van der Waals surface area contributed by atoms with Crippen LogP contribution in [-0.4, -0.2) is 49.6 Å². The largest absolute Gasteiger partial charge is 0.303 e. The number of nitrogens with two attached hydrogens (primary N) is 1. The number of piperazine rings is 1. The highest BCUT2D eigenvalue weighted by Crippen LogP contribution is 2.32. The van der Waals surface area contributed by atoms with Crippen LogP contribution < -0.4 is 11.3 Å². The lowest BCUT2D eigenvalue weighted by Gasteiger charge is -2.42. The van der Waals surface area contributed by atoms with Gasteiger partial charge in [0.25, 0.3) is 0 Å². The second-order valence-corrected chi connectivity index (χ2v) is 5.88. The second kappa shape index (κ2) is 6.39. The maximum absolute atomic E-state index is 6.31. The third-order valence-corrected chi connectivity index (χ3v) is 4.61. The van der Waals surface area contributed by atoms with Crippen LogP contribution in [-0.2, 0) is 0 Å². The molecule has 1 saturated heterocycles. The first-order valence-corrected chi connectivity index (χ1v) is 7.09. The zero-order valence-electron chi connectivity index (χ0n) is 11.2. The summed E-state index contributed by atoms with van der Waals surface area (Å²) in [7, 11) is 4.23. The van der Waals surface area contributed by atoms with Crippen LogP contribution in [0.3, 0.4) is 0 Å². The van der Waals surface area contributed by atoms with Crippen molar-refractivity contribution in [3.8, 4) is 0 Å².